The van der Waals surface area contributed by atoms with Crippen LogP contribution in [0.25, 0.3) is 0 Å². The molecule has 1 aliphatic rings. The molecule has 1 rings (SSSR count). The molecule has 0 saturated carbocycles. The third-order valence-electron chi connectivity index (χ3n) is 3.25. The van der Waals surface area contributed by atoms with Gasteiger partial charge in [0, 0.05) is 0 Å². The summed E-state index contributed by atoms with van der Waals surface area (Å²) < 4.78 is 6.05. The molecule has 4 heteroatoms. The van der Waals surface area contributed by atoms with Crippen LogP contribution in [0.2, 0.25) is 18.1 Å². The molecule has 2 unspecified atom stereocenters. The first-order valence-electron chi connectivity index (χ1n) is 5.19. The van der Waals surface area contributed by atoms with Gasteiger partial charge in [0.05, 0.1) is 6.10 Å². The van der Waals surface area contributed by atoms with Gasteiger partial charge in [-0.1, -0.05) is 26.8 Å². The molecule has 0 aromatic carbocycles. The lowest BCUT2D eigenvalue weighted by molar-refractivity contribution is -0.114. The van der Waals surface area contributed by atoms with Gasteiger partial charge in [-0.05, 0) is 24.2 Å². The number of rotatable bonds is 2. The normalized spacial score (nSPS) is 27.5. The molecular weight excluding hydrogens is 228 g/mol. The van der Waals surface area contributed by atoms with E-state index in [0.29, 0.717) is 0 Å². The van der Waals surface area contributed by atoms with Crippen molar-refractivity contribution < 1.29 is 9.22 Å². The molecule has 2 atom stereocenters. The quantitative estimate of drug-likeness (QED) is 0.553. The van der Waals surface area contributed by atoms with Crippen LogP contribution >= 0.6 is 11.6 Å². The van der Waals surface area contributed by atoms with Crippen molar-refractivity contribution in [1.29, 1.82) is 0 Å². The molecule has 0 aliphatic heterocycles. The third kappa shape index (κ3) is 2.71. The zero-order valence-electron chi connectivity index (χ0n) is 10.0. The van der Waals surface area contributed by atoms with Gasteiger partial charge in [0.2, 0.25) is 0 Å². The summed E-state index contributed by atoms with van der Waals surface area (Å²) in [6, 6.07) is 0. The molecule has 0 radical (unpaired) electrons. The highest BCUT2D eigenvalue weighted by atomic mass is 35.5. The van der Waals surface area contributed by atoms with Crippen molar-refractivity contribution in [3.8, 4) is 0 Å². The summed E-state index contributed by atoms with van der Waals surface area (Å²) in [5, 5.41) is -0.387. The van der Waals surface area contributed by atoms with Gasteiger partial charge in [-0.3, -0.25) is 4.79 Å². The topological polar surface area (TPSA) is 26.3 Å². The van der Waals surface area contributed by atoms with Gasteiger partial charge in [-0.15, -0.1) is 11.6 Å². The van der Waals surface area contributed by atoms with Crippen LogP contribution in [0.1, 0.15) is 20.8 Å². The maximum atomic E-state index is 11.2. The summed E-state index contributed by atoms with van der Waals surface area (Å²) in [5.74, 6) is -0.0413. The SMILES string of the molecule is CC(C)(C)[Si](C)(C)OC1C=CC(=O)C1Cl. The molecule has 0 fully saturated rings. The van der Waals surface area contributed by atoms with E-state index < -0.39 is 13.7 Å². The predicted octanol–water partition coefficient (Wildman–Crippen LogP) is 3.12. The monoisotopic (exact) mass is 246 g/mol. The summed E-state index contributed by atoms with van der Waals surface area (Å²) in [4.78, 5) is 11.2. The highest BCUT2D eigenvalue weighted by Crippen LogP contribution is 2.38. The molecule has 0 heterocycles. The molecule has 1 aliphatic carbocycles. The molecular formula is C11H19ClO2Si. The summed E-state index contributed by atoms with van der Waals surface area (Å²) in [7, 11) is -1.83. The first-order valence-corrected chi connectivity index (χ1v) is 8.53. The average molecular weight is 247 g/mol. The van der Waals surface area contributed by atoms with Crippen LogP contribution in [0.5, 0.6) is 0 Å². The van der Waals surface area contributed by atoms with Crippen LogP contribution in [-0.4, -0.2) is 25.6 Å². The Morgan fingerprint density at radius 2 is 1.93 bits per heavy atom. The van der Waals surface area contributed by atoms with E-state index in [1.165, 1.54) is 6.08 Å². The number of allylic oxidation sites excluding steroid dienone is 1. The zero-order valence-corrected chi connectivity index (χ0v) is 11.8. The molecule has 0 spiro atoms. The Hall–Kier alpha value is -0.123. The first-order chi connectivity index (χ1) is 6.65. The second-order valence-electron chi connectivity index (χ2n) is 5.51. The number of hydrogen-bond acceptors (Lipinski definition) is 2. The fourth-order valence-electron chi connectivity index (χ4n) is 1.16. The molecule has 0 amide bonds. The molecule has 0 aromatic heterocycles. The van der Waals surface area contributed by atoms with Crippen molar-refractivity contribution in [3.63, 3.8) is 0 Å². The fourth-order valence-corrected chi connectivity index (χ4v) is 2.70. The van der Waals surface area contributed by atoms with Gasteiger partial charge in [0.15, 0.2) is 14.1 Å². The van der Waals surface area contributed by atoms with E-state index in [2.05, 4.69) is 33.9 Å². The maximum absolute atomic E-state index is 11.2. The highest BCUT2D eigenvalue weighted by Gasteiger charge is 2.42. The van der Waals surface area contributed by atoms with Crippen LogP contribution in [0, 0.1) is 0 Å². The van der Waals surface area contributed by atoms with Crippen LogP contribution in [0.3, 0.4) is 0 Å². The third-order valence-corrected chi connectivity index (χ3v) is 8.18. The minimum Gasteiger partial charge on any atom is -0.409 e. The largest absolute Gasteiger partial charge is 0.409 e. The minimum atomic E-state index is -1.83. The van der Waals surface area contributed by atoms with E-state index in [4.69, 9.17) is 16.0 Å². The lowest BCUT2D eigenvalue weighted by Gasteiger charge is -2.38. The smallest absolute Gasteiger partial charge is 0.192 e. The van der Waals surface area contributed by atoms with Crippen molar-refractivity contribution >= 4 is 25.7 Å². The van der Waals surface area contributed by atoms with Gasteiger partial charge in [-0.2, -0.15) is 0 Å². The second kappa shape index (κ2) is 4.04. The van der Waals surface area contributed by atoms with E-state index in [1.54, 1.807) is 6.08 Å². The zero-order chi connectivity index (χ0) is 11.9. The molecule has 15 heavy (non-hydrogen) atoms. The van der Waals surface area contributed by atoms with Crippen molar-refractivity contribution in [2.24, 2.45) is 0 Å². The van der Waals surface area contributed by atoms with Gasteiger partial charge in [0.25, 0.3) is 0 Å². The van der Waals surface area contributed by atoms with E-state index in [9.17, 15) is 4.79 Å². The van der Waals surface area contributed by atoms with Crippen molar-refractivity contribution in [1.82, 2.24) is 0 Å². The summed E-state index contributed by atoms with van der Waals surface area (Å²) in [6.45, 7) is 10.8. The number of ketones is 1. The number of halogens is 1. The molecule has 86 valence electrons. The fraction of sp³-hybridized carbons (Fsp3) is 0.727. The Morgan fingerprint density at radius 3 is 2.27 bits per heavy atom. The van der Waals surface area contributed by atoms with E-state index in [0.717, 1.165) is 0 Å². The minimum absolute atomic E-state index is 0.0413. The molecule has 0 saturated heterocycles. The Bertz CT molecular complexity index is 291. The lowest BCUT2D eigenvalue weighted by Crippen LogP contribution is -2.45. The summed E-state index contributed by atoms with van der Waals surface area (Å²) in [5.41, 5.74) is 0. The van der Waals surface area contributed by atoms with Crippen molar-refractivity contribution in [2.45, 2.75) is 50.4 Å². The number of carbonyl (C=O) groups excluding carboxylic acids is 1. The Kier molecular flexibility index (Phi) is 3.48. The van der Waals surface area contributed by atoms with Crippen LogP contribution in [0.4, 0.5) is 0 Å². The molecule has 0 aromatic rings. The van der Waals surface area contributed by atoms with Crippen molar-refractivity contribution in [2.75, 3.05) is 0 Å². The van der Waals surface area contributed by atoms with Gasteiger partial charge in [0.1, 0.15) is 5.38 Å². The van der Waals surface area contributed by atoms with E-state index in [1.807, 2.05) is 0 Å². The Morgan fingerprint density at radius 1 is 1.40 bits per heavy atom. The average Bonchev–Trinajstić information content (AvgIpc) is 2.33. The first kappa shape index (κ1) is 12.9. The second-order valence-corrected chi connectivity index (χ2v) is 10.7. The summed E-state index contributed by atoms with van der Waals surface area (Å²) >= 11 is 5.97. The maximum Gasteiger partial charge on any atom is 0.192 e. The van der Waals surface area contributed by atoms with Gasteiger partial charge in [-0.25, -0.2) is 0 Å². The van der Waals surface area contributed by atoms with Crippen LogP contribution in [-0.2, 0) is 9.22 Å². The lowest BCUT2D eigenvalue weighted by atomic mass is 10.2. The summed E-state index contributed by atoms with van der Waals surface area (Å²) in [6.07, 6.45) is 3.07. The van der Waals surface area contributed by atoms with E-state index >= 15 is 0 Å². The van der Waals surface area contributed by atoms with E-state index in [-0.39, 0.29) is 16.9 Å². The number of alkyl halides is 1. The Labute approximate surface area is 97.8 Å². The molecule has 2 nitrogen and oxygen atoms in total. The van der Waals surface area contributed by atoms with Crippen LogP contribution in [0.15, 0.2) is 12.2 Å². The van der Waals surface area contributed by atoms with Gasteiger partial charge < -0.3 is 4.43 Å². The number of hydrogen-bond donors (Lipinski definition) is 0. The van der Waals surface area contributed by atoms with Crippen LogP contribution < -0.4 is 0 Å². The standard InChI is InChI=1S/C11H19ClO2Si/c1-11(2,3)15(4,5)14-9-7-6-8(13)10(9)12/h6-7,9-10H,1-5H3. The molecule has 0 N–H and O–H groups in total. The van der Waals surface area contributed by atoms with Gasteiger partial charge >= 0.3 is 0 Å². The highest BCUT2D eigenvalue weighted by molar-refractivity contribution is 6.74. The Balaban J connectivity index is 2.71. The number of carbonyl (C=O) groups is 1. The molecule has 0 bridgehead atoms. The predicted molar refractivity (Wildman–Crippen MR) is 65.9 cm³/mol. The van der Waals surface area contributed by atoms with Crippen molar-refractivity contribution in [3.05, 3.63) is 12.2 Å².